The van der Waals surface area contributed by atoms with Crippen molar-refractivity contribution in [2.45, 2.75) is 111 Å². The summed E-state index contributed by atoms with van der Waals surface area (Å²) >= 11 is 0. The quantitative estimate of drug-likeness (QED) is 0.283. The number of allylic oxidation sites excluding steroid dienone is 2. The maximum Gasteiger partial charge on any atom is 0.310 e. The summed E-state index contributed by atoms with van der Waals surface area (Å²) < 4.78 is 5.80. The first-order valence-corrected chi connectivity index (χ1v) is 14.7. The van der Waals surface area contributed by atoms with Gasteiger partial charge in [0.15, 0.2) is 0 Å². The lowest BCUT2D eigenvalue weighted by atomic mass is 9.38. The fourth-order valence-electron chi connectivity index (χ4n) is 10.6. The molecule has 0 amide bonds. The van der Waals surface area contributed by atoms with E-state index in [1.807, 2.05) is 0 Å². The van der Waals surface area contributed by atoms with Gasteiger partial charge in [0, 0.05) is 0 Å². The van der Waals surface area contributed by atoms with Crippen LogP contribution in [-0.2, 0) is 19.1 Å². The van der Waals surface area contributed by atoms with Gasteiger partial charge in [-0.25, -0.2) is 0 Å². The molecule has 11 unspecified atom stereocenters. The Kier molecular flexibility index (Phi) is 6.90. The molecule has 11 atom stereocenters. The second kappa shape index (κ2) is 9.50. The van der Waals surface area contributed by atoms with Crippen molar-refractivity contribution in [3.05, 3.63) is 11.6 Å². The number of carbonyl (C=O) groups excluding carboxylic acids is 2. The summed E-state index contributed by atoms with van der Waals surface area (Å²) in [6.07, 6.45) is 11.0. The third-order valence-electron chi connectivity index (χ3n) is 12.3. The molecule has 0 aromatic rings. The minimum Gasteiger partial charge on any atom is -0.481 e. The van der Waals surface area contributed by atoms with Crippen LogP contribution in [0.15, 0.2) is 11.6 Å². The van der Waals surface area contributed by atoms with Gasteiger partial charge in [-0.3, -0.25) is 9.59 Å². The number of aldehydes is 1. The Morgan fingerprint density at radius 2 is 1.81 bits per heavy atom. The molecule has 5 aliphatic rings. The molecule has 4 fully saturated rings. The molecule has 2 N–H and O–H groups in total. The van der Waals surface area contributed by atoms with Crippen LogP contribution >= 0.6 is 0 Å². The van der Waals surface area contributed by atoms with Crippen molar-refractivity contribution in [1.82, 2.24) is 0 Å². The number of aliphatic carboxylic acids is 1. The van der Waals surface area contributed by atoms with E-state index in [2.05, 4.69) is 33.8 Å². The number of hydrogen-bond donors (Lipinski definition) is 2. The highest BCUT2D eigenvalue weighted by Gasteiger charge is 2.64. The Morgan fingerprint density at radius 3 is 2.51 bits per heavy atom. The van der Waals surface area contributed by atoms with Crippen molar-refractivity contribution >= 4 is 18.2 Å². The zero-order valence-corrected chi connectivity index (χ0v) is 23.1. The number of aliphatic hydroxyl groups is 1. The van der Waals surface area contributed by atoms with Crippen LogP contribution in [0.2, 0.25) is 0 Å². The smallest absolute Gasteiger partial charge is 0.310 e. The normalized spacial score (nSPS) is 47.7. The Hall–Kier alpha value is -1.69. The first-order chi connectivity index (χ1) is 17.5. The predicted octanol–water partition coefficient (Wildman–Crippen LogP) is 5.56. The van der Waals surface area contributed by atoms with E-state index in [9.17, 15) is 24.6 Å². The standard InChI is InChI=1S/C31H46O6/c1-18-6-5-12-31(28(35)36)15-10-23-21(27(18)31)7-8-25-29(3)14-11-24(37-26(34)16-20(33)17-32)19(2)22(29)9-13-30(23,25)4/h7,17-20,22-25,27,33H,5-6,8-16H2,1-4H3,(H,35,36). The van der Waals surface area contributed by atoms with Gasteiger partial charge in [-0.15, -0.1) is 0 Å². The van der Waals surface area contributed by atoms with Gasteiger partial charge in [0.25, 0.3) is 0 Å². The first kappa shape index (κ1) is 26.9. The highest BCUT2D eigenvalue weighted by atomic mass is 16.5. The van der Waals surface area contributed by atoms with Crippen LogP contribution in [0.1, 0.15) is 98.3 Å². The van der Waals surface area contributed by atoms with Gasteiger partial charge < -0.3 is 19.7 Å². The van der Waals surface area contributed by atoms with Crippen LogP contribution in [0.25, 0.3) is 0 Å². The molecule has 0 saturated heterocycles. The van der Waals surface area contributed by atoms with E-state index >= 15 is 0 Å². The minimum atomic E-state index is -1.29. The highest BCUT2D eigenvalue weighted by molar-refractivity contribution is 5.76. The van der Waals surface area contributed by atoms with Crippen molar-refractivity contribution in [2.75, 3.05) is 0 Å². The van der Waals surface area contributed by atoms with E-state index in [1.54, 1.807) is 0 Å². The second-order valence-electron chi connectivity index (χ2n) is 13.9. The average molecular weight is 515 g/mol. The van der Waals surface area contributed by atoms with E-state index in [0.717, 1.165) is 64.2 Å². The molecule has 206 valence electrons. The van der Waals surface area contributed by atoms with Crippen LogP contribution in [0.4, 0.5) is 0 Å². The van der Waals surface area contributed by atoms with Crippen LogP contribution < -0.4 is 0 Å². The molecule has 0 spiro atoms. The number of carbonyl (C=O) groups is 3. The van der Waals surface area contributed by atoms with Crippen molar-refractivity contribution in [3.63, 3.8) is 0 Å². The van der Waals surface area contributed by atoms with Crippen molar-refractivity contribution in [3.8, 4) is 0 Å². The molecule has 0 aromatic carbocycles. The van der Waals surface area contributed by atoms with Crippen LogP contribution in [0.5, 0.6) is 0 Å². The highest BCUT2D eigenvalue weighted by Crippen LogP contribution is 2.70. The fourth-order valence-corrected chi connectivity index (χ4v) is 10.6. The second-order valence-corrected chi connectivity index (χ2v) is 13.9. The van der Waals surface area contributed by atoms with Crippen LogP contribution in [0.3, 0.4) is 0 Å². The molecule has 0 aromatic heterocycles. The summed E-state index contributed by atoms with van der Waals surface area (Å²) in [7, 11) is 0. The summed E-state index contributed by atoms with van der Waals surface area (Å²) in [5.74, 6) is 1.24. The molecule has 4 saturated carbocycles. The third-order valence-corrected chi connectivity index (χ3v) is 12.3. The van der Waals surface area contributed by atoms with E-state index < -0.39 is 23.5 Å². The number of hydrogen-bond acceptors (Lipinski definition) is 5. The molecule has 0 bridgehead atoms. The monoisotopic (exact) mass is 514 g/mol. The van der Waals surface area contributed by atoms with Gasteiger partial charge in [-0.2, -0.15) is 0 Å². The fraction of sp³-hybridized carbons (Fsp3) is 0.839. The van der Waals surface area contributed by atoms with Crippen LogP contribution in [0, 0.1) is 51.8 Å². The number of carboxylic acid groups (broad SMARTS) is 1. The van der Waals surface area contributed by atoms with Crippen LogP contribution in [-0.4, -0.2) is 40.6 Å². The molecule has 0 aliphatic heterocycles. The lowest BCUT2D eigenvalue weighted by Gasteiger charge is -2.66. The van der Waals surface area contributed by atoms with E-state index in [-0.39, 0.29) is 35.2 Å². The summed E-state index contributed by atoms with van der Waals surface area (Å²) in [6, 6.07) is 0. The van der Waals surface area contributed by atoms with Crippen molar-refractivity contribution in [2.24, 2.45) is 51.8 Å². The Morgan fingerprint density at radius 1 is 1.08 bits per heavy atom. The van der Waals surface area contributed by atoms with Gasteiger partial charge in [0.05, 0.1) is 11.8 Å². The number of aliphatic hydroxyl groups excluding tert-OH is 1. The lowest BCUT2D eigenvalue weighted by Crippen LogP contribution is -2.60. The minimum absolute atomic E-state index is 0.152. The zero-order chi connectivity index (χ0) is 26.8. The number of ether oxygens (including phenoxy) is 1. The summed E-state index contributed by atoms with van der Waals surface area (Å²) in [5.41, 5.74) is 1.23. The lowest BCUT2D eigenvalue weighted by molar-refractivity contribution is -0.181. The largest absolute Gasteiger partial charge is 0.481 e. The molecular formula is C31H46O6. The van der Waals surface area contributed by atoms with E-state index in [1.165, 1.54) is 5.57 Å². The molecule has 6 nitrogen and oxygen atoms in total. The maximum absolute atomic E-state index is 12.7. The average Bonchev–Trinajstić information content (AvgIpc) is 2.85. The summed E-state index contributed by atoms with van der Waals surface area (Å²) in [5, 5.41) is 19.9. The molecule has 0 radical (unpaired) electrons. The topological polar surface area (TPSA) is 101 Å². The maximum atomic E-state index is 12.7. The van der Waals surface area contributed by atoms with Gasteiger partial charge >= 0.3 is 11.9 Å². The van der Waals surface area contributed by atoms with Gasteiger partial charge in [0.1, 0.15) is 18.5 Å². The first-order valence-electron chi connectivity index (χ1n) is 14.7. The molecule has 5 rings (SSSR count). The Labute approximate surface area is 221 Å². The van der Waals surface area contributed by atoms with Crippen molar-refractivity contribution < 1.29 is 29.3 Å². The predicted molar refractivity (Wildman–Crippen MR) is 139 cm³/mol. The Bertz CT molecular complexity index is 973. The van der Waals surface area contributed by atoms with Crippen molar-refractivity contribution in [1.29, 1.82) is 0 Å². The number of rotatable bonds is 5. The third kappa shape index (κ3) is 4.03. The summed E-state index contributed by atoms with van der Waals surface area (Å²) in [4.78, 5) is 35.7. The number of carboxylic acids is 1. The van der Waals surface area contributed by atoms with Gasteiger partial charge in [-0.05, 0) is 97.7 Å². The van der Waals surface area contributed by atoms with E-state index in [0.29, 0.717) is 30.0 Å². The number of esters is 1. The van der Waals surface area contributed by atoms with E-state index in [4.69, 9.17) is 4.74 Å². The molecule has 6 heteroatoms. The number of fused-ring (bicyclic) bond motifs is 7. The summed E-state index contributed by atoms with van der Waals surface area (Å²) in [6.45, 7) is 9.48. The molecule has 5 aliphatic carbocycles. The molecule has 0 heterocycles. The van der Waals surface area contributed by atoms with Gasteiger partial charge in [-0.1, -0.05) is 52.2 Å². The Balaban J connectivity index is 1.40. The SMILES string of the molecule is CC1CCCC2(C(=O)O)CCC3C(=CCC4C3(C)CCC3C(C)C(OC(=O)CC(O)C=O)CCC34C)C12. The zero-order valence-electron chi connectivity index (χ0n) is 23.1. The van der Waals surface area contributed by atoms with Gasteiger partial charge in [0.2, 0.25) is 0 Å². The molecule has 37 heavy (non-hydrogen) atoms. The molecular weight excluding hydrogens is 468 g/mol.